The molecule has 1 aromatic rings. The van der Waals surface area contributed by atoms with E-state index in [-0.39, 0.29) is 12.0 Å². The highest BCUT2D eigenvalue weighted by atomic mass is 16.5. The first kappa shape index (κ1) is 11.1. The number of carbonyl (C=O) groups is 1. The van der Waals surface area contributed by atoms with Gasteiger partial charge in [-0.05, 0) is 5.56 Å². The summed E-state index contributed by atoms with van der Waals surface area (Å²) in [5.74, 6) is -0.188. The maximum absolute atomic E-state index is 11.5. The molecule has 0 amide bonds. The van der Waals surface area contributed by atoms with Gasteiger partial charge in [0.25, 0.3) is 0 Å². The monoisotopic (exact) mass is 221 g/mol. The minimum Gasteiger partial charge on any atom is -0.461 e. The van der Waals surface area contributed by atoms with E-state index >= 15 is 0 Å². The second kappa shape index (κ2) is 5.63. The smallest absolute Gasteiger partial charge is 0.307 e. The first-order valence-electron chi connectivity index (χ1n) is 5.35. The van der Waals surface area contributed by atoms with Crippen LogP contribution in [0.1, 0.15) is 12.0 Å². The predicted octanol–water partition coefficient (Wildman–Crippen LogP) is 1.07. The molecule has 1 aromatic carbocycles. The maximum Gasteiger partial charge on any atom is 0.307 e. The number of rotatable bonds is 4. The van der Waals surface area contributed by atoms with Gasteiger partial charge in [0.2, 0.25) is 0 Å². The zero-order valence-electron chi connectivity index (χ0n) is 9.02. The molecule has 1 N–H and O–H groups in total. The SMILES string of the molecule is O=C(C[C@@H]1COCN1)OCc1ccccc1. The third-order valence-electron chi connectivity index (χ3n) is 2.45. The summed E-state index contributed by atoms with van der Waals surface area (Å²) in [5, 5.41) is 3.06. The molecule has 86 valence electrons. The van der Waals surface area contributed by atoms with Gasteiger partial charge < -0.3 is 9.47 Å². The summed E-state index contributed by atoms with van der Waals surface area (Å²) in [6, 6.07) is 9.76. The highest BCUT2D eigenvalue weighted by Gasteiger charge is 2.18. The molecule has 0 bridgehead atoms. The van der Waals surface area contributed by atoms with Gasteiger partial charge in [0.15, 0.2) is 0 Å². The van der Waals surface area contributed by atoms with Crippen LogP contribution in [0.5, 0.6) is 0 Å². The van der Waals surface area contributed by atoms with Crippen molar-refractivity contribution in [3.8, 4) is 0 Å². The Morgan fingerprint density at radius 1 is 1.44 bits per heavy atom. The maximum atomic E-state index is 11.5. The topological polar surface area (TPSA) is 47.6 Å². The zero-order chi connectivity index (χ0) is 11.2. The van der Waals surface area contributed by atoms with E-state index in [4.69, 9.17) is 9.47 Å². The van der Waals surface area contributed by atoms with Crippen LogP contribution in [0, 0.1) is 0 Å². The third-order valence-corrected chi connectivity index (χ3v) is 2.45. The minimum atomic E-state index is -0.188. The fraction of sp³-hybridized carbons (Fsp3) is 0.417. The summed E-state index contributed by atoms with van der Waals surface area (Å²) >= 11 is 0. The Morgan fingerprint density at radius 3 is 2.94 bits per heavy atom. The van der Waals surface area contributed by atoms with Crippen molar-refractivity contribution < 1.29 is 14.3 Å². The van der Waals surface area contributed by atoms with Crippen LogP contribution in [0.3, 0.4) is 0 Å². The molecule has 0 aliphatic carbocycles. The molecule has 4 heteroatoms. The van der Waals surface area contributed by atoms with Crippen molar-refractivity contribution >= 4 is 5.97 Å². The van der Waals surface area contributed by atoms with Crippen LogP contribution in [0.4, 0.5) is 0 Å². The van der Waals surface area contributed by atoms with E-state index in [0.717, 1.165) is 5.56 Å². The van der Waals surface area contributed by atoms with Crippen LogP contribution < -0.4 is 5.32 Å². The summed E-state index contributed by atoms with van der Waals surface area (Å²) in [7, 11) is 0. The number of nitrogens with one attached hydrogen (secondary N) is 1. The van der Waals surface area contributed by atoms with Crippen molar-refractivity contribution in [1.29, 1.82) is 0 Å². The van der Waals surface area contributed by atoms with E-state index in [1.807, 2.05) is 30.3 Å². The van der Waals surface area contributed by atoms with Gasteiger partial charge >= 0.3 is 5.97 Å². The van der Waals surface area contributed by atoms with E-state index in [9.17, 15) is 4.79 Å². The van der Waals surface area contributed by atoms with E-state index < -0.39 is 0 Å². The molecular weight excluding hydrogens is 206 g/mol. The second-order valence-corrected chi connectivity index (χ2v) is 3.77. The van der Waals surface area contributed by atoms with Gasteiger partial charge in [-0.1, -0.05) is 30.3 Å². The third kappa shape index (κ3) is 3.32. The summed E-state index contributed by atoms with van der Waals surface area (Å²) in [6.45, 7) is 1.45. The lowest BCUT2D eigenvalue weighted by Crippen LogP contribution is -2.27. The lowest BCUT2D eigenvalue weighted by molar-refractivity contribution is -0.145. The number of carbonyl (C=O) groups excluding carboxylic acids is 1. The molecule has 2 rings (SSSR count). The average molecular weight is 221 g/mol. The second-order valence-electron chi connectivity index (χ2n) is 3.77. The molecule has 1 saturated heterocycles. The highest BCUT2D eigenvalue weighted by Crippen LogP contribution is 2.05. The van der Waals surface area contributed by atoms with Gasteiger partial charge in [-0.15, -0.1) is 0 Å². The van der Waals surface area contributed by atoms with Gasteiger partial charge in [0, 0.05) is 6.04 Å². The number of hydrogen-bond acceptors (Lipinski definition) is 4. The van der Waals surface area contributed by atoms with Gasteiger partial charge in [-0.3, -0.25) is 10.1 Å². The molecule has 1 aliphatic heterocycles. The standard InChI is InChI=1S/C12H15NO3/c14-12(6-11-8-15-9-13-11)16-7-10-4-2-1-3-5-10/h1-5,11,13H,6-9H2/t11-/m1/s1. The molecule has 0 radical (unpaired) electrons. The van der Waals surface area contributed by atoms with Crippen molar-refractivity contribution in [2.45, 2.75) is 19.1 Å². The Hall–Kier alpha value is -1.39. The quantitative estimate of drug-likeness (QED) is 0.772. The molecule has 16 heavy (non-hydrogen) atoms. The summed E-state index contributed by atoms with van der Waals surface area (Å²) in [6.07, 6.45) is 0.368. The fourth-order valence-electron chi connectivity index (χ4n) is 1.57. The molecule has 1 aliphatic rings. The Balaban J connectivity index is 1.71. The molecule has 1 fully saturated rings. The largest absolute Gasteiger partial charge is 0.461 e. The molecule has 0 aromatic heterocycles. The van der Waals surface area contributed by atoms with Gasteiger partial charge in [-0.2, -0.15) is 0 Å². The Kier molecular flexibility index (Phi) is 3.91. The van der Waals surface area contributed by atoms with Crippen LogP contribution in [0.15, 0.2) is 30.3 Å². The van der Waals surface area contributed by atoms with Crippen LogP contribution in [0.2, 0.25) is 0 Å². The Morgan fingerprint density at radius 2 is 2.25 bits per heavy atom. The van der Waals surface area contributed by atoms with Crippen LogP contribution in [-0.4, -0.2) is 25.3 Å². The van der Waals surface area contributed by atoms with Crippen molar-refractivity contribution in [3.63, 3.8) is 0 Å². The average Bonchev–Trinajstić information content (AvgIpc) is 2.81. The van der Waals surface area contributed by atoms with Crippen molar-refractivity contribution in [3.05, 3.63) is 35.9 Å². The van der Waals surface area contributed by atoms with Crippen LogP contribution >= 0.6 is 0 Å². The lowest BCUT2D eigenvalue weighted by Gasteiger charge is -2.08. The number of hydrogen-bond donors (Lipinski definition) is 1. The van der Waals surface area contributed by atoms with Gasteiger partial charge in [0.1, 0.15) is 6.61 Å². The van der Waals surface area contributed by atoms with Crippen molar-refractivity contribution in [2.75, 3.05) is 13.3 Å². The summed E-state index contributed by atoms with van der Waals surface area (Å²) < 4.78 is 10.3. The molecule has 4 nitrogen and oxygen atoms in total. The first-order valence-corrected chi connectivity index (χ1v) is 5.35. The Labute approximate surface area is 94.6 Å². The number of benzene rings is 1. The van der Waals surface area contributed by atoms with E-state index in [1.165, 1.54) is 0 Å². The number of esters is 1. The molecule has 1 heterocycles. The lowest BCUT2D eigenvalue weighted by atomic mass is 10.2. The van der Waals surface area contributed by atoms with Crippen molar-refractivity contribution in [2.24, 2.45) is 0 Å². The molecule has 0 saturated carbocycles. The van der Waals surface area contributed by atoms with E-state index in [1.54, 1.807) is 0 Å². The summed E-state index contributed by atoms with van der Waals surface area (Å²) in [4.78, 5) is 11.5. The van der Waals surface area contributed by atoms with Crippen LogP contribution in [-0.2, 0) is 20.9 Å². The first-order chi connectivity index (χ1) is 7.84. The highest BCUT2D eigenvalue weighted by molar-refractivity contribution is 5.70. The van der Waals surface area contributed by atoms with Gasteiger partial charge in [-0.25, -0.2) is 0 Å². The molecule has 1 atom stereocenters. The summed E-state index contributed by atoms with van der Waals surface area (Å²) in [5.41, 5.74) is 1.01. The fourth-order valence-corrected chi connectivity index (χ4v) is 1.57. The Bertz CT molecular complexity index is 333. The molecule has 0 unspecified atom stereocenters. The zero-order valence-corrected chi connectivity index (χ0v) is 9.02. The van der Waals surface area contributed by atoms with E-state index in [0.29, 0.717) is 26.4 Å². The molecular formula is C12H15NO3. The normalized spacial score (nSPS) is 19.6. The van der Waals surface area contributed by atoms with Gasteiger partial charge in [0.05, 0.1) is 19.8 Å². The van der Waals surface area contributed by atoms with E-state index in [2.05, 4.69) is 5.32 Å². The molecule has 0 spiro atoms. The van der Waals surface area contributed by atoms with Crippen molar-refractivity contribution in [1.82, 2.24) is 5.32 Å². The van der Waals surface area contributed by atoms with Crippen LogP contribution in [0.25, 0.3) is 0 Å². The number of ether oxygens (including phenoxy) is 2. The predicted molar refractivity (Wildman–Crippen MR) is 58.6 cm³/mol. The minimum absolute atomic E-state index is 0.100.